The first kappa shape index (κ1) is 19.5. The molecule has 7 heteroatoms. The lowest BCUT2D eigenvalue weighted by atomic mass is 10.1. The molecule has 1 aliphatic rings. The number of hydrogen-bond acceptors (Lipinski definition) is 5. The van der Waals surface area contributed by atoms with Crippen LogP contribution in [0.2, 0.25) is 0 Å². The van der Waals surface area contributed by atoms with Crippen molar-refractivity contribution >= 4 is 28.9 Å². The molecule has 2 aromatic rings. The van der Waals surface area contributed by atoms with Crippen LogP contribution in [-0.2, 0) is 4.79 Å². The fourth-order valence-corrected chi connectivity index (χ4v) is 3.41. The molecule has 0 atom stereocenters. The molecule has 1 saturated heterocycles. The number of piperazine rings is 1. The number of nitrogens with zero attached hydrogens (tertiary/aromatic N) is 2. The summed E-state index contributed by atoms with van der Waals surface area (Å²) < 4.78 is 5.73. The molecule has 1 fully saturated rings. The molecule has 0 bridgehead atoms. The Hall–Kier alpha value is -3.22. The highest BCUT2D eigenvalue weighted by molar-refractivity contribution is 6.00. The van der Waals surface area contributed by atoms with Crippen LogP contribution in [0.5, 0.6) is 5.75 Å². The average molecular weight is 383 g/mol. The third-order valence-corrected chi connectivity index (χ3v) is 4.69. The number of carbonyl (C=O) groups excluding carboxylic acids is 1. The minimum atomic E-state index is -1.06. The molecule has 148 valence electrons. The number of carboxylic acids is 1. The molecule has 0 aromatic heterocycles. The van der Waals surface area contributed by atoms with Gasteiger partial charge >= 0.3 is 5.97 Å². The zero-order valence-corrected chi connectivity index (χ0v) is 16.1. The standard InChI is InChI=1S/C21H25N3O4/c1-3-28-20-7-5-4-6-19(20)24-12-10-23(11-13-24)16-8-9-18(22-15(2)25)17(14-16)21(26)27/h4-9,14H,3,10-13H2,1-2H3,(H,22,25)(H,26,27). The quantitative estimate of drug-likeness (QED) is 0.798. The summed E-state index contributed by atoms with van der Waals surface area (Å²) in [6, 6.07) is 13.1. The van der Waals surface area contributed by atoms with E-state index in [-0.39, 0.29) is 11.5 Å². The predicted octanol–water partition coefficient (Wildman–Crippen LogP) is 3.07. The first-order chi connectivity index (χ1) is 13.5. The van der Waals surface area contributed by atoms with Gasteiger partial charge < -0.3 is 25.0 Å². The van der Waals surface area contributed by atoms with Crippen LogP contribution >= 0.6 is 0 Å². The van der Waals surface area contributed by atoms with Crippen molar-refractivity contribution < 1.29 is 19.4 Å². The van der Waals surface area contributed by atoms with Gasteiger partial charge in [-0.3, -0.25) is 4.79 Å². The number of aromatic carboxylic acids is 1. The SMILES string of the molecule is CCOc1ccccc1N1CCN(c2ccc(NC(C)=O)c(C(=O)O)c2)CC1. The molecule has 1 heterocycles. The molecule has 0 unspecified atom stereocenters. The van der Waals surface area contributed by atoms with Crippen LogP contribution in [0.1, 0.15) is 24.2 Å². The summed E-state index contributed by atoms with van der Waals surface area (Å²) in [4.78, 5) is 27.3. The molecule has 3 rings (SSSR count). The second kappa shape index (κ2) is 8.65. The van der Waals surface area contributed by atoms with Crippen LogP contribution in [0.25, 0.3) is 0 Å². The van der Waals surface area contributed by atoms with Gasteiger partial charge in [0.25, 0.3) is 0 Å². The number of nitrogens with one attached hydrogen (secondary N) is 1. The minimum Gasteiger partial charge on any atom is -0.492 e. The number of ether oxygens (including phenoxy) is 1. The third kappa shape index (κ3) is 4.36. The first-order valence-corrected chi connectivity index (χ1v) is 9.36. The zero-order chi connectivity index (χ0) is 20.1. The maximum absolute atomic E-state index is 11.6. The van der Waals surface area contributed by atoms with Crippen molar-refractivity contribution in [3.8, 4) is 5.75 Å². The number of amides is 1. The van der Waals surface area contributed by atoms with E-state index < -0.39 is 5.97 Å². The molecular weight excluding hydrogens is 358 g/mol. The van der Waals surface area contributed by atoms with Gasteiger partial charge in [-0.05, 0) is 37.3 Å². The zero-order valence-electron chi connectivity index (χ0n) is 16.1. The lowest BCUT2D eigenvalue weighted by molar-refractivity contribution is -0.114. The highest BCUT2D eigenvalue weighted by atomic mass is 16.5. The molecule has 28 heavy (non-hydrogen) atoms. The summed E-state index contributed by atoms with van der Waals surface area (Å²) in [5.41, 5.74) is 2.32. The van der Waals surface area contributed by atoms with Gasteiger partial charge in [0.1, 0.15) is 5.75 Å². The largest absolute Gasteiger partial charge is 0.492 e. The number of rotatable bonds is 6. The highest BCUT2D eigenvalue weighted by Gasteiger charge is 2.21. The summed E-state index contributed by atoms with van der Waals surface area (Å²) in [7, 11) is 0. The van der Waals surface area contributed by atoms with Gasteiger partial charge in [0.15, 0.2) is 0 Å². The van der Waals surface area contributed by atoms with E-state index in [1.54, 1.807) is 12.1 Å². The Labute approximate surface area is 164 Å². The molecule has 0 spiro atoms. The molecule has 0 aliphatic carbocycles. The van der Waals surface area contributed by atoms with Gasteiger partial charge in [0, 0.05) is 38.8 Å². The normalized spacial score (nSPS) is 13.9. The summed E-state index contributed by atoms with van der Waals surface area (Å²) in [5.74, 6) is -0.474. The van der Waals surface area contributed by atoms with E-state index in [1.807, 2.05) is 31.2 Å². The van der Waals surface area contributed by atoms with Gasteiger partial charge in [-0.2, -0.15) is 0 Å². The van der Waals surface area contributed by atoms with Crippen LogP contribution in [-0.4, -0.2) is 49.8 Å². The third-order valence-electron chi connectivity index (χ3n) is 4.69. The van der Waals surface area contributed by atoms with Crippen molar-refractivity contribution in [1.29, 1.82) is 0 Å². The maximum Gasteiger partial charge on any atom is 0.337 e. The van der Waals surface area contributed by atoms with Gasteiger partial charge in [-0.15, -0.1) is 0 Å². The molecule has 0 saturated carbocycles. The summed E-state index contributed by atoms with van der Waals surface area (Å²) >= 11 is 0. The van der Waals surface area contributed by atoms with Crippen molar-refractivity contribution in [2.24, 2.45) is 0 Å². The Morgan fingerprint density at radius 2 is 1.75 bits per heavy atom. The van der Waals surface area contributed by atoms with Crippen molar-refractivity contribution in [1.82, 2.24) is 0 Å². The molecule has 2 aromatic carbocycles. The van der Waals surface area contributed by atoms with Crippen molar-refractivity contribution in [3.63, 3.8) is 0 Å². The Morgan fingerprint density at radius 1 is 1.07 bits per heavy atom. The van der Waals surface area contributed by atoms with Gasteiger partial charge in [0.05, 0.1) is 23.5 Å². The summed E-state index contributed by atoms with van der Waals surface area (Å²) in [6.45, 7) is 7.09. The number of hydrogen-bond donors (Lipinski definition) is 2. The smallest absolute Gasteiger partial charge is 0.337 e. The fourth-order valence-electron chi connectivity index (χ4n) is 3.41. The van der Waals surface area contributed by atoms with Gasteiger partial charge in [0.2, 0.25) is 5.91 Å². The maximum atomic E-state index is 11.6. The van der Waals surface area contributed by atoms with E-state index in [4.69, 9.17) is 4.74 Å². The lowest BCUT2D eigenvalue weighted by Gasteiger charge is -2.38. The second-order valence-electron chi connectivity index (χ2n) is 6.59. The average Bonchev–Trinajstić information content (AvgIpc) is 2.68. The fraction of sp³-hybridized carbons (Fsp3) is 0.333. The van der Waals surface area contributed by atoms with Crippen molar-refractivity contribution in [3.05, 3.63) is 48.0 Å². The van der Waals surface area contributed by atoms with E-state index in [9.17, 15) is 14.7 Å². The molecule has 7 nitrogen and oxygen atoms in total. The molecule has 0 radical (unpaired) electrons. The highest BCUT2D eigenvalue weighted by Crippen LogP contribution is 2.30. The van der Waals surface area contributed by atoms with Crippen molar-refractivity contribution in [2.45, 2.75) is 13.8 Å². The number of carbonyl (C=O) groups is 2. The predicted molar refractivity (Wildman–Crippen MR) is 110 cm³/mol. The van der Waals surface area contributed by atoms with Crippen LogP contribution in [0.3, 0.4) is 0 Å². The van der Waals surface area contributed by atoms with Crippen LogP contribution in [0.15, 0.2) is 42.5 Å². The monoisotopic (exact) mass is 383 g/mol. The Kier molecular flexibility index (Phi) is 6.03. The van der Waals surface area contributed by atoms with E-state index in [2.05, 4.69) is 21.2 Å². The Balaban J connectivity index is 1.74. The number of anilines is 3. The van der Waals surface area contributed by atoms with Gasteiger partial charge in [-0.25, -0.2) is 4.79 Å². The van der Waals surface area contributed by atoms with E-state index in [0.29, 0.717) is 12.3 Å². The van der Waals surface area contributed by atoms with E-state index >= 15 is 0 Å². The number of para-hydroxylation sites is 2. The Morgan fingerprint density at radius 3 is 2.39 bits per heavy atom. The van der Waals surface area contributed by atoms with Gasteiger partial charge in [-0.1, -0.05) is 12.1 Å². The van der Waals surface area contributed by atoms with Crippen LogP contribution in [0.4, 0.5) is 17.1 Å². The van der Waals surface area contributed by atoms with E-state index in [0.717, 1.165) is 43.3 Å². The molecule has 1 amide bonds. The second-order valence-corrected chi connectivity index (χ2v) is 6.59. The number of carboxylic acid groups (broad SMARTS) is 1. The minimum absolute atomic E-state index is 0.0943. The molecule has 2 N–H and O–H groups in total. The topological polar surface area (TPSA) is 82.1 Å². The summed E-state index contributed by atoms with van der Waals surface area (Å²) in [6.07, 6.45) is 0. The van der Waals surface area contributed by atoms with E-state index in [1.165, 1.54) is 6.92 Å². The number of benzene rings is 2. The van der Waals surface area contributed by atoms with Crippen LogP contribution in [0, 0.1) is 0 Å². The lowest BCUT2D eigenvalue weighted by Crippen LogP contribution is -2.46. The molecular formula is C21H25N3O4. The first-order valence-electron chi connectivity index (χ1n) is 9.36. The van der Waals surface area contributed by atoms with Crippen molar-refractivity contribution in [2.75, 3.05) is 47.9 Å². The summed E-state index contributed by atoms with van der Waals surface area (Å²) in [5, 5.41) is 12.1. The molecule has 1 aliphatic heterocycles. The van der Waals surface area contributed by atoms with Crippen LogP contribution < -0.4 is 19.9 Å². The Bertz CT molecular complexity index is 860.